The molecule has 0 saturated heterocycles. The number of halogens is 1. The highest BCUT2D eigenvalue weighted by Crippen LogP contribution is 2.21. The number of rotatable bonds is 3. The second kappa shape index (κ2) is 4.26. The number of aromatic nitrogens is 2. The van der Waals surface area contributed by atoms with E-state index in [9.17, 15) is 0 Å². The van der Waals surface area contributed by atoms with E-state index in [0.717, 1.165) is 35.5 Å². The van der Waals surface area contributed by atoms with Gasteiger partial charge < -0.3 is 9.40 Å². The average Bonchev–Trinajstić information content (AvgIpc) is 2.95. The molecule has 86 valence electrons. The van der Waals surface area contributed by atoms with E-state index in [0.29, 0.717) is 5.02 Å². The third-order valence-corrected chi connectivity index (χ3v) is 3.01. The summed E-state index contributed by atoms with van der Waals surface area (Å²) < 4.78 is 5.29. The maximum absolute atomic E-state index is 6.07. The number of aromatic amines is 1. The zero-order valence-corrected chi connectivity index (χ0v) is 9.87. The molecule has 0 amide bonds. The fraction of sp³-hybridized carbons (Fsp3) is 0.154. The number of hydrogen-bond acceptors (Lipinski definition) is 2. The Morgan fingerprint density at radius 1 is 1.18 bits per heavy atom. The Kier molecular flexibility index (Phi) is 2.61. The Morgan fingerprint density at radius 3 is 2.88 bits per heavy atom. The number of para-hydroxylation sites is 1. The summed E-state index contributed by atoms with van der Waals surface area (Å²) in [6, 6.07) is 9.60. The Morgan fingerprint density at radius 2 is 2.12 bits per heavy atom. The fourth-order valence-electron chi connectivity index (χ4n) is 1.86. The van der Waals surface area contributed by atoms with E-state index < -0.39 is 0 Å². The van der Waals surface area contributed by atoms with Crippen LogP contribution in [0.2, 0.25) is 5.02 Å². The van der Waals surface area contributed by atoms with Crippen molar-refractivity contribution in [3.63, 3.8) is 0 Å². The largest absolute Gasteiger partial charge is 0.469 e. The summed E-state index contributed by atoms with van der Waals surface area (Å²) in [5.74, 6) is 1.90. The van der Waals surface area contributed by atoms with Crippen molar-refractivity contribution in [3.8, 4) is 0 Å². The Bertz CT molecular complexity index is 628. The number of furan rings is 1. The lowest BCUT2D eigenvalue weighted by Crippen LogP contribution is -1.91. The van der Waals surface area contributed by atoms with Gasteiger partial charge in [-0.15, -0.1) is 0 Å². The van der Waals surface area contributed by atoms with Gasteiger partial charge in [-0.05, 0) is 24.3 Å². The molecule has 0 spiro atoms. The minimum atomic E-state index is 0.683. The third kappa shape index (κ3) is 2.06. The molecule has 0 aliphatic carbocycles. The number of imidazole rings is 1. The van der Waals surface area contributed by atoms with Crippen LogP contribution in [-0.2, 0) is 12.8 Å². The Labute approximate surface area is 103 Å². The standard InChI is InChI=1S/C13H11ClN2O/c14-10-4-1-5-11-13(10)16-12(15-11)7-6-9-3-2-8-17-9/h1-5,8H,6-7H2,(H,15,16). The van der Waals surface area contributed by atoms with E-state index >= 15 is 0 Å². The van der Waals surface area contributed by atoms with Crippen molar-refractivity contribution in [2.75, 3.05) is 0 Å². The van der Waals surface area contributed by atoms with Crippen LogP contribution in [-0.4, -0.2) is 9.97 Å². The Hall–Kier alpha value is -1.74. The van der Waals surface area contributed by atoms with Crippen LogP contribution >= 0.6 is 11.6 Å². The highest BCUT2D eigenvalue weighted by atomic mass is 35.5. The van der Waals surface area contributed by atoms with Crippen LogP contribution in [0.25, 0.3) is 11.0 Å². The highest BCUT2D eigenvalue weighted by Gasteiger charge is 2.06. The van der Waals surface area contributed by atoms with Crippen LogP contribution in [0.3, 0.4) is 0 Å². The van der Waals surface area contributed by atoms with Crippen molar-refractivity contribution in [1.29, 1.82) is 0 Å². The molecule has 0 unspecified atom stereocenters. The van der Waals surface area contributed by atoms with Gasteiger partial charge in [0.05, 0.1) is 16.8 Å². The Balaban J connectivity index is 1.84. The molecule has 0 aliphatic rings. The van der Waals surface area contributed by atoms with Gasteiger partial charge in [0.1, 0.15) is 17.1 Å². The molecule has 0 aliphatic heterocycles. The maximum atomic E-state index is 6.07. The lowest BCUT2D eigenvalue weighted by Gasteiger charge is -1.93. The second-order valence-corrected chi connectivity index (χ2v) is 4.31. The molecule has 4 heteroatoms. The van der Waals surface area contributed by atoms with E-state index in [1.54, 1.807) is 6.26 Å². The maximum Gasteiger partial charge on any atom is 0.107 e. The molecule has 17 heavy (non-hydrogen) atoms. The highest BCUT2D eigenvalue weighted by molar-refractivity contribution is 6.34. The molecule has 3 nitrogen and oxygen atoms in total. The van der Waals surface area contributed by atoms with Crippen LogP contribution in [0.1, 0.15) is 11.6 Å². The molecule has 0 fully saturated rings. The van der Waals surface area contributed by atoms with Gasteiger partial charge in [-0.1, -0.05) is 17.7 Å². The molecule has 3 rings (SSSR count). The summed E-state index contributed by atoms with van der Waals surface area (Å²) in [6.07, 6.45) is 3.34. The molecule has 0 atom stereocenters. The van der Waals surface area contributed by atoms with Gasteiger partial charge in [-0.3, -0.25) is 0 Å². The fourth-order valence-corrected chi connectivity index (χ4v) is 2.08. The molecule has 1 aromatic carbocycles. The normalized spacial score (nSPS) is 11.1. The number of nitrogens with zero attached hydrogens (tertiary/aromatic N) is 1. The molecule has 0 bridgehead atoms. The minimum Gasteiger partial charge on any atom is -0.469 e. The smallest absolute Gasteiger partial charge is 0.107 e. The quantitative estimate of drug-likeness (QED) is 0.767. The number of benzene rings is 1. The monoisotopic (exact) mass is 246 g/mol. The van der Waals surface area contributed by atoms with E-state index in [2.05, 4.69) is 9.97 Å². The van der Waals surface area contributed by atoms with Gasteiger partial charge in [0, 0.05) is 12.8 Å². The molecule has 0 saturated carbocycles. The van der Waals surface area contributed by atoms with Gasteiger partial charge in [-0.25, -0.2) is 4.98 Å². The average molecular weight is 247 g/mol. The summed E-state index contributed by atoms with van der Waals surface area (Å²) in [5.41, 5.74) is 1.82. The van der Waals surface area contributed by atoms with Crippen molar-refractivity contribution in [1.82, 2.24) is 9.97 Å². The SMILES string of the molecule is Clc1cccc2[nH]c(CCc3ccco3)nc12. The first-order chi connectivity index (χ1) is 8.33. The van der Waals surface area contributed by atoms with E-state index in [1.165, 1.54) is 0 Å². The van der Waals surface area contributed by atoms with Crippen molar-refractivity contribution >= 4 is 22.6 Å². The van der Waals surface area contributed by atoms with Crippen LogP contribution in [0, 0.1) is 0 Å². The topological polar surface area (TPSA) is 41.8 Å². The number of nitrogens with one attached hydrogen (secondary N) is 1. The predicted octanol–water partition coefficient (Wildman–Crippen LogP) is 3.59. The minimum absolute atomic E-state index is 0.683. The summed E-state index contributed by atoms with van der Waals surface area (Å²) in [5, 5.41) is 0.683. The van der Waals surface area contributed by atoms with E-state index in [1.807, 2.05) is 30.3 Å². The first kappa shape index (κ1) is 10.4. The molecule has 2 aromatic heterocycles. The molecular weight excluding hydrogens is 236 g/mol. The van der Waals surface area contributed by atoms with E-state index in [-0.39, 0.29) is 0 Å². The van der Waals surface area contributed by atoms with Crippen molar-refractivity contribution in [3.05, 3.63) is 53.2 Å². The van der Waals surface area contributed by atoms with Gasteiger partial charge in [0.2, 0.25) is 0 Å². The van der Waals surface area contributed by atoms with Gasteiger partial charge in [0.25, 0.3) is 0 Å². The first-order valence-corrected chi connectivity index (χ1v) is 5.86. The number of aryl methyl sites for hydroxylation is 2. The summed E-state index contributed by atoms with van der Waals surface area (Å²) in [4.78, 5) is 7.74. The van der Waals surface area contributed by atoms with Crippen LogP contribution in [0.4, 0.5) is 0 Å². The summed E-state index contributed by atoms with van der Waals surface area (Å²) >= 11 is 6.07. The zero-order chi connectivity index (χ0) is 11.7. The molecular formula is C13H11ClN2O. The number of fused-ring (bicyclic) bond motifs is 1. The van der Waals surface area contributed by atoms with Crippen molar-refractivity contribution < 1.29 is 4.42 Å². The number of hydrogen-bond donors (Lipinski definition) is 1. The zero-order valence-electron chi connectivity index (χ0n) is 9.11. The van der Waals surface area contributed by atoms with Gasteiger partial charge in [-0.2, -0.15) is 0 Å². The molecule has 0 radical (unpaired) electrons. The summed E-state index contributed by atoms with van der Waals surface area (Å²) in [6.45, 7) is 0. The van der Waals surface area contributed by atoms with Crippen LogP contribution in [0.15, 0.2) is 41.0 Å². The number of H-pyrrole nitrogens is 1. The van der Waals surface area contributed by atoms with Crippen LogP contribution in [0.5, 0.6) is 0 Å². The van der Waals surface area contributed by atoms with Crippen LogP contribution < -0.4 is 0 Å². The third-order valence-electron chi connectivity index (χ3n) is 2.70. The first-order valence-electron chi connectivity index (χ1n) is 5.48. The molecule has 2 heterocycles. The lowest BCUT2D eigenvalue weighted by molar-refractivity contribution is 0.507. The van der Waals surface area contributed by atoms with Gasteiger partial charge in [0.15, 0.2) is 0 Å². The lowest BCUT2D eigenvalue weighted by atomic mass is 10.2. The van der Waals surface area contributed by atoms with Crippen molar-refractivity contribution in [2.24, 2.45) is 0 Å². The van der Waals surface area contributed by atoms with Gasteiger partial charge >= 0.3 is 0 Å². The van der Waals surface area contributed by atoms with E-state index in [4.69, 9.17) is 16.0 Å². The van der Waals surface area contributed by atoms with Crippen molar-refractivity contribution in [2.45, 2.75) is 12.8 Å². The summed E-state index contributed by atoms with van der Waals surface area (Å²) in [7, 11) is 0. The predicted molar refractivity (Wildman–Crippen MR) is 67.2 cm³/mol. The molecule has 3 aromatic rings. The molecule has 1 N–H and O–H groups in total. The second-order valence-electron chi connectivity index (χ2n) is 3.90.